The number of hydrogen-bond donors (Lipinski definition) is 1. The molecule has 1 aliphatic heterocycles. The molecule has 0 radical (unpaired) electrons. The van der Waals surface area contributed by atoms with Gasteiger partial charge < -0.3 is 10.0 Å². The lowest BCUT2D eigenvalue weighted by Crippen LogP contribution is -2.38. The van der Waals surface area contributed by atoms with E-state index in [1.807, 2.05) is 18.2 Å². The smallest absolute Gasteiger partial charge is 0.0702 e. The predicted octanol–water partition coefficient (Wildman–Crippen LogP) is 4.09. The predicted molar refractivity (Wildman–Crippen MR) is 81.8 cm³/mol. The average molecular weight is 282 g/mol. The van der Waals surface area contributed by atoms with E-state index in [2.05, 4.69) is 25.7 Å². The van der Waals surface area contributed by atoms with Gasteiger partial charge in [-0.05, 0) is 42.4 Å². The van der Waals surface area contributed by atoms with Gasteiger partial charge in [-0.2, -0.15) is 0 Å². The lowest BCUT2D eigenvalue weighted by molar-refractivity contribution is 0.198. The van der Waals surface area contributed by atoms with Gasteiger partial charge in [-0.3, -0.25) is 0 Å². The number of rotatable bonds is 2. The van der Waals surface area contributed by atoms with E-state index < -0.39 is 0 Å². The minimum Gasteiger partial charge on any atom is -0.392 e. The van der Waals surface area contributed by atoms with E-state index in [9.17, 15) is 5.11 Å². The number of aliphatic hydroxyl groups excluding tert-OH is 1. The van der Waals surface area contributed by atoms with Crippen LogP contribution in [0.2, 0.25) is 5.02 Å². The zero-order valence-electron chi connectivity index (χ0n) is 12.1. The molecule has 1 fully saturated rings. The van der Waals surface area contributed by atoms with Crippen LogP contribution in [0, 0.1) is 11.3 Å². The highest BCUT2D eigenvalue weighted by Crippen LogP contribution is 2.36. The van der Waals surface area contributed by atoms with E-state index in [-0.39, 0.29) is 6.61 Å². The molecule has 3 heteroatoms. The van der Waals surface area contributed by atoms with Crippen molar-refractivity contribution in [1.29, 1.82) is 0 Å². The third-order valence-electron chi connectivity index (χ3n) is 4.27. The summed E-state index contributed by atoms with van der Waals surface area (Å²) in [6, 6.07) is 5.81. The van der Waals surface area contributed by atoms with Crippen LogP contribution in [0.3, 0.4) is 0 Å². The summed E-state index contributed by atoms with van der Waals surface area (Å²) in [7, 11) is 0. The van der Waals surface area contributed by atoms with Crippen molar-refractivity contribution < 1.29 is 5.11 Å². The Kier molecular flexibility index (Phi) is 4.42. The fourth-order valence-corrected chi connectivity index (χ4v) is 3.17. The van der Waals surface area contributed by atoms with E-state index in [0.717, 1.165) is 30.3 Å². The Labute approximate surface area is 121 Å². The van der Waals surface area contributed by atoms with Crippen molar-refractivity contribution in [3.8, 4) is 0 Å². The molecule has 0 spiro atoms. The first-order chi connectivity index (χ1) is 8.91. The van der Waals surface area contributed by atoms with Crippen molar-refractivity contribution in [2.45, 2.75) is 40.2 Å². The number of hydrogen-bond acceptors (Lipinski definition) is 2. The number of nitrogens with zero attached hydrogens (tertiary/aromatic N) is 1. The maximum Gasteiger partial charge on any atom is 0.0702 e. The summed E-state index contributed by atoms with van der Waals surface area (Å²) < 4.78 is 0. The second-order valence-electron chi connectivity index (χ2n) is 6.56. The van der Waals surface area contributed by atoms with Gasteiger partial charge in [0.05, 0.1) is 6.61 Å². The monoisotopic (exact) mass is 281 g/mol. The van der Waals surface area contributed by atoms with Crippen LogP contribution < -0.4 is 4.90 Å². The molecule has 1 aromatic rings. The summed E-state index contributed by atoms with van der Waals surface area (Å²) in [6.07, 6.45) is 2.44. The van der Waals surface area contributed by atoms with E-state index in [0.29, 0.717) is 10.4 Å². The Balaban J connectivity index is 2.10. The van der Waals surface area contributed by atoms with Gasteiger partial charge in [0.2, 0.25) is 0 Å². The molecule has 2 nitrogen and oxygen atoms in total. The van der Waals surface area contributed by atoms with Crippen LogP contribution in [-0.4, -0.2) is 18.2 Å². The summed E-state index contributed by atoms with van der Waals surface area (Å²) in [5.41, 5.74) is 2.47. The molecule has 0 saturated carbocycles. The number of anilines is 1. The zero-order chi connectivity index (χ0) is 14.0. The Bertz CT molecular complexity index is 431. The average Bonchev–Trinajstić information content (AvgIpc) is 2.37. The first-order valence-electron chi connectivity index (χ1n) is 7.06. The van der Waals surface area contributed by atoms with Gasteiger partial charge in [0, 0.05) is 29.4 Å². The van der Waals surface area contributed by atoms with Crippen molar-refractivity contribution in [3.05, 3.63) is 28.8 Å². The topological polar surface area (TPSA) is 23.5 Å². The molecule has 19 heavy (non-hydrogen) atoms. The molecule has 0 amide bonds. The molecular weight excluding hydrogens is 258 g/mol. The molecule has 2 rings (SSSR count). The fraction of sp³-hybridized carbons (Fsp3) is 0.625. The maximum atomic E-state index is 9.47. The molecule has 0 aromatic heterocycles. The summed E-state index contributed by atoms with van der Waals surface area (Å²) in [6.45, 7) is 9.17. The Morgan fingerprint density at radius 1 is 1.26 bits per heavy atom. The van der Waals surface area contributed by atoms with Crippen LogP contribution in [0.4, 0.5) is 5.69 Å². The second kappa shape index (κ2) is 5.72. The van der Waals surface area contributed by atoms with Crippen LogP contribution in [0.25, 0.3) is 0 Å². The first kappa shape index (κ1) is 14.7. The summed E-state index contributed by atoms with van der Waals surface area (Å²) in [5, 5.41) is 10.2. The normalized spacial score (nSPS) is 17.8. The number of benzene rings is 1. The number of halogens is 1. The highest BCUT2D eigenvalue weighted by molar-refractivity contribution is 6.30. The molecular formula is C16H24ClNO. The number of aliphatic hydroxyl groups is 1. The van der Waals surface area contributed by atoms with E-state index >= 15 is 0 Å². The molecule has 0 unspecified atom stereocenters. The molecule has 1 saturated heterocycles. The highest BCUT2D eigenvalue weighted by Gasteiger charge is 2.29. The molecule has 1 aromatic carbocycles. The van der Waals surface area contributed by atoms with Gasteiger partial charge in [0.15, 0.2) is 0 Å². The van der Waals surface area contributed by atoms with Crippen LogP contribution in [-0.2, 0) is 6.61 Å². The summed E-state index contributed by atoms with van der Waals surface area (Å²) in [4.78, 5) is 2.38. The second-order valence-corrected chi connectivity index (χ2v) is 6.99. The van der Waals surface area contributed by atoms with Crippen LogP contribution in [0.15, 0.2) is 18.2 Å². The molecule has 1 heterocycles. The number of piperidine rings is 1. The molecule has 0 bridgehead atoms. The SMILES string of the molecule is CC(C)(C)C1CCN(c2ccc(Cl)cc2CO)CC1. The van der Waals surface area contributed by atoms with Gasteiger partial charge in [-0.1, -0.05) is 32.4 Å². The first-order valence-corrected chi connectivity index (χ1v) is 7.44. The van der Waals surface area contributed by atoms with Crippen molar-refractivity contribution in [1.82, 2.24) is 0 Å². The van der Waals surface area contributed by atoms with Gasteiger partial charge >= 0.3 is 0 Å². The zero-order valence-corrected chi connectivity index (χ0v) is 12.9. The standard InChI is InChI=1S/C16H24ClNO/c1-16(2,3)13-6-8-18(9-7-13)15-5-4-14(17)10-12(15)11-19/h4-5,10,13,19H,6-9,11H2,1-3H3. The highest BCUT2D eigenvalue weighted by atomic mass is 35.5. The van der Waals surface area contributed by atoms with E-state index in [1.54, 1.807) is 0 Å². The molecule has 0 aliphatic carbocycles. The Morgan fingerprint density at radius 3 is 2.42 bits per heavy atom. The third kappa shape index (κ3) is 3.43. The fourth-order valence-electron chi connectivity index (χ4n) is 2.98. The van der Waals surface area contributed by atoms with Crippen molar-refractivity contribution in [2.24, 2.45) is 11.3 Å². The Hall–Kier alpha value is -0.730. The van der Waals surface area contributed by atoms with Crippen molar-refractivity contribution in [3.63, 3.8) is 0 Å². The Morgan fingerprint density at radius 2 is 1.89 bits per heavy atom. The van der Waals surface area contributed by atoms with Crippen LogP contribution in [0.1, 0.15) is 39.2 Å². The van der Waals surface area contributed by atoms with Gasteiger partial charge in [0.1, 0.15) is 0 Å². The van der Waals surface area contributed by atoms with Crippen molar-refractivity contribution in [2.75, 3.05) is 18.0 Å². The van der Waals surface area contributed by atoms with Gasteiger partial charge in [-0.15, -0.1) is 0 Å². The van der Waals surface area contributed by atoms with Gasteiger partial charge in [0.25, 0.3) is 0 Å². The minimum atomic E-state index is 0.0507. The molecule has 1 N–H and O–H groups in total. The van der Waals surface area contributed by atoms with Crippen LogP contribution >= 0.6 is 11.6 Å². The third-order valence-corrected chi connectivity index (χ3v) is 4.51. The van der Waals surface area contributed by atoms with E-state index in [4.69, 9.17) is 11.6 Å². The summed E-state index contributed by atoms with van der Waals surface area (Å²) >= 11 is 5.99. The molecule has 106 valence electrons. The van der Waals surface area contributed by atoms with Crippen molar-refractivity contribution >= 4 is 17.3 Å². The maximum absolute atomic E-state index is 9.47. The minimum absolute atomic E-state index is 0.0507. The lowest BCUT2D eigenvalue weighted by atomic mass is 9.75. The quantitative estimate of drug-likeness (QED) is 0.882. The summed E-state index contributed by atoms with van der Waals surface area (Å²) in [5.74, 6) is 0.786. The van der Waals surface area contributed by atoms with E-state index in [1.165, 1.54) is 12.8 Å². The lowest BCUT2D eigenvalue weighted by Gasteiger charge is -2.40. The van der Waals surface area contributed by atoms with Crippen LogP contribution in [0.5, 0.6) is 0 Å². The molecule has 0 atom stereocenters. The molecule has 1 aliphatic rings. The van der Waals surface area contributed by atoms with Gasteiger partial charge in [-0.25, -0.2) is 0 Å². The largest absolute Gasteiger partial charge is 0.392 e.